The number of anilines is 3. The summed E-state index contributed by atoms with van der Waals surface area (Å²) in [5.41, 5.74) is 13.2. The first-order valence-corrected chi connectivity index (χ1v) is 19.1. The number of para-hydroxylation sites is 3. The number of hydrogen-bond donors (Lipinski definition) is 0. The lowest BCUT2D eigenvalue weighted by molar-refractivity contribution is 1.18. The van der Waals surface area contributed by atoms with Crippen LogP contribution in [0.1, 0.15) is 0 Å². The molecule has 12 rings (SSSR count). The Morgan fingerprint density at radius 1 is 0.393 bits per heavy atom. The highest BCUT2D eigenvalue weighted by Gasteiger charge is 2.28. The van der Waals surface area contributed by atoms with Gasteiger partial charge in [0.1, 0.15) is 0 Å². The van der Waals surface area contributed by atoms with E-state index in [0.717, 1.165) is 44.6 Å². The average Bonchev–Trinajstić information content (AvgIpc) is 3.60. The summed E-state index contributed by atoms with van der Waals surface area (Å²) < 4.78 is 2.36. The molecule has 0 spiro atoms. The lowest BCUT2D eigenvalue weighted by Gasteiger charge is -2.34. The normalized spacial score (nSPS) is 12.2. The molecule has 0 atom stereocenters. The minimum atomic E-state index is 0.693. The smallest absolute Gasteiger partial charge is 0.160 e. The second kappa shape index (κ2) is 12.0. The molecule has 4 nitrogen and oxygen atoms in total. The summed E-state index contributed by atoms with van der Waals surface area (Å²) in [6.07, 6.45) is 0. The van der Waals surface area contributed by atoms with Gasteiger partial charge in [-0.1, -0.05) is 146 Å². The molecule has 0 bridgehead atoms. The third kappa shape index (κ3) is 4.53. The molecule has 1 aliphatic heterocycles. The average molecular weight is 713 g/mol. The summed E-state index contributed by atoms with van der Waals surface area (Å²) in [6.45, 7) is 0. The van der Waals surface area contributed by atoms with Gasteiger partial charge in [-0.2, -0.15) is 0 Å². The van der Waals surface area contributed by atoms with Crippen molar-refractivity contribution in [1.82, 2.24) is 14.5 Å². The van der Waals surface area contributed by atoms with Crippen molar-refractivity contribution in [2.24, 2.45) is 0 Å². The number of fused-ring (bicyclic) bond motifs is 8. The van der Waals surface area contributed by atoms with Gasteiger partial charge in [0.25, 0.3) is 0 Å². The van der Waals surface area contributed by atoms with Crippen LogP contribution in [-0.2, 0) is 0 Å². The van der Waals surface area contributed by atoms with Gasteiger partial charge >= 0.3 is 0 Å². The van der Waals surface area contributed by atoms with E-state index in [0.29, 0.717) is 5.82 Å². The molecule has 0 saturated heterocycles. The van der Waals surface area contributed by atoms with Crippen LogP contribution >= 0.6 is 0 Å². The van der Waals surface area contributed by atoms with Gasteiger partial charge in [0, 0.05) is 55.0 Å². The highest BCUT2D eigenvalue weighted by molar-refractivity contribution is 6.19. The van der Waals surface area contributed by atoms with Crippen molar-refractivity contribution in [2.75, 3.05) is 4.90 Å². The molecule has 0 fully saturated rings. The van der Waals surface area contributed by atoms with Crippen molar-refractivity contribution in [3.63, 3.8) is 0 Å². The molecule has 0 unspecified atom stereocenters. The molecular weight excluding hydrogens is 681 g/mol. The highest BCUT2D eigenvalue weighted by Crippen LogP contribution is 2.53. The zero-order chi connectivity index (χ0) is 36.7. The topological polar surface area (TPSA) is 34.0 Å². The van der Waals surface area contributed by atoms with Crippen molar-refractivity contribution in [3.8, 4) is 39.5 Å². The summed E-state index contributed by atoms with van der Waals surface area (Å²) in [7, 11) is 0. The summed E-state index contributed by atoms with van der Waals surface area (Å²) in [4.78, 5) is 13.1. The summed E-state index contributed by atoms with van der Waals surface area (Å²) in [6, 6.07) is 69.6. The molecule has 4 heteroatoms. The SMILES string of the molecule is c1ccc(-n2c3ccccc3c3ccc(-c4nc(-c5cccc(N6c7c(ccc8ccccc78)-c7cccc8cccc6c78)c5)nc5ccccc45)cc32)cc1. The molecule has 11 aromatic rings. The first kappa shape index (κ1) is 30.9. The van der Waals surface area contributed by atoms with Crippen LogP contribution in [0.25, 0.3) is 93.7 Å². The number of benzene rings is 9. The quantitative estimate of drug-likeness (QED) is 0.182. The maximum Gasteiger partial charge on any atom is 0.160 e. The maximum absolute atomic E-state index is 5.42. The summed E-state index contributed by atoms with van der Waals surface area (Å²) in [5.74, 6) is 0.693. The number of rotatable bonds is 4. The van der Waals surface area contributed by atoms with Gasteiger partial charge in [-0.05, 0) is 64.9 Å². The second-order valence-electron chi connectivity index (χ2n) is 14.6. The van der Waals surface area contributed by atoms with Crippen molar-refractivity contribution < 1.29 is 0 Å². The fraction of sp³-hybridized carbons (Fsp3) is 0. The van der Waals surface area contributed by atoms with E-state index in [9.17, 15) is 0 Å². The largest absolute Gasteiger partial charge is 0.309 e. The van der Waals surface area contributed by atoms with Crippen LogP contribution in [0, 0.1) is 0 Å². The zero-order valence-electron chi connectivity index (χ0n) is 30.3. The van der Waals surface area contributed by atoms with E-state index in [4.69, 9.17) is 9.97 Å². The standard InChI is InChI=1S/C52H32N4/c1-2-17-37(18-3-1)55-46-25-9-7-21-40(46)41-29-28-35(32-48(41)55)50-44-22-6-8-24-45(44)53-52(54-50)36-16-10-19-38(31-36)56-47-26-12-15-34-14-11-23-42(49(34)47)43-30-27-33-13-4-5-20-39(33)51(43)56/h1-32H. The Bertz CT molecular complexity index is 3370. The molecule has 0 N–H and O–H groups in total. The molecule has 260 valence electrons. The lowest BCUT2D eigenvalue weighted by Crippen LogP contribution is -2.15. The summed E-state index contributed by atoms with van der Waals surface area (Å²) in [5, 5.41) is 8.38. The molecule has 56 heavy (non-hydrogen) atoms. The van der Waals surface area contributed by atoms with E-state index < -0.39 is 0 Å². The lowest BCUT2D eigenvalue weighted by atomic mass is 9.88. The molecule has 3 heterocycles. The molecule has 0 amide bonds. The minimum absolute atomic E-state index is 0.693. The van der Waals surface area contributed by atoms with Crippen LogP contribution in [0.5, 0.6) is 0 Å². The van der Waals surface area contributed by atoms with Gasteiger partial charge < -0.3 is 9.47 Å². The van der Waals surface area contributed by atoms with Crippen molar-refractivity contribution in [3.05, 3.63) is 194 Å². The van der Waals surface area contributed by atoms with E-state index in [1.54, 1.807) is 0 Å². The third-order valence-corrected chi connectivity index (χ3v) is 11.5. The van der Waals surface area contributed by atoms with Crippen LogP contribution in [0.3, 0.4) is 0 Å². The van der Waals surface area contributed by atoms with Gasteiger partial charge in [0.2, 0.25) is 0 Å². The van der Waals surface area contributed by atoms with Gasteiger partial charge in [-0.15, -0.1) is 0 Å². The van der Waals surface area contributed by atoms with Crippen LogP contribution in [-0.4, -0.2) is 14.5 Å². The van der Waals surface area contributed by atoms with Crippen LogP contribution in [0.4, 0.5) is 17.1 Å². The zero-order valence-corrected chi connectivity index (χ0v) is 30.3. The van der Waals surface area contributed by atoms with E-state index in [1.807, 2.05) is 0 Å². The van der Waals surface area contributed by atoms with Crippen LogP contribution in [0.2, 0.25) is 0 Å². The van der Waals surface area contributed by atoms with Gasteiger partial charge in [-0.25, -0.2) is 9.97 Å². The monoisotopic (exact) mass is 712 g/mol. The predicted molar refractivity (Wildman–Crippen MR) is 233 cm³/mol. The first-order chi connectivity index (χ1) is 27.8. The maximum atomic E-state index is 5.42. The number of hydrogen-bond acceptors (Lipinski definition) is 3. The van der Waals surface area contributed by atoms with Crippen molar-refractivity contribution >= 4 is 71.3 Å². The third-order valence-electron chi connectivity index (χ3n) is 11.5. The Balaban J connectivity index is 1.07. The Morgan fingerprint density at radius 3 is 2.02 bits per heavy atom. The molecule has 9 aromatic carbocycles. The van der Waals surface area contributed by atoms with Crippen molar-refractivity contribution in [1.29, 1.82) is 0 Å². The minimum Gasteiger partial charge on any atom is -0.309 e. The number of aromatic nitrogens is 3. The molecular formula is C52H32N4. The molecule has 0 saturated carbocycles. The second-order valence-corrected chi connectivity index (χ2v) is 14.6. The highest BCUT2D eigenvalue weighted by atomic mass is 15.2. The van der Waals surface area contributed by atoms with Crippen LogP contribution in [0.15, 0.2) is 194 Å². The van der Waals surface area contributed by atoms with Gasteiger partial charge in [0.15, 0.2) is 5.82 Å². The Kier molecular flexibility index (Phi) is 6.60. The fourth-order valence-corrected chi connectivity index (χ4v) is 9.02. The molecule has 1 aliphatic rings. The summed E-state index contributed by atoms with van der Waals surface area (Å²) >= 11 is 0. The fourth-order valence-electron chi connectivity index (χ4n) is 9.02. The van der Waals surface area contributed by atoms with Gasteiger partial charge in [-0.3, -0.25) is 0 Å². The van der Waals surface area contributed by atoms with Crippen molar-refractivity contribution in [2.45, 2.75) is 0 Å². The van der Waals surface area contributed by atoms with E-state index in [1.165, 1.54) is 60.3 Å². The predicted octanol–water partition coefficient (Wildman–Crippen LogP) is 13.8. The Hall–Kier alpha value is -7.56. The number of nitrogens with zero attached hydrogens (tertiary/aromatic N) is 4. The van der Waals surface area contributed by atoms with E-state index in [-0.39, 0.29) is 0 Å². The van der Waals surface area contributed by atoms with Crippen LogP contribution < -0.4 is 4.90 Å². The first-order valence-electron chi connectivity index (χ1n) is 19.1. The molecule has 0 radical (unpaired) electrons. The van der Waals surface area contributed by atoms with Gasteiger partial charge in [0.05, 0.1) is 33.6 Å². The Labute approximate surface area is 323 Å². The molecule has 2 aromatic heterocycles. The van der Waals surface area contributed by atoms with E-state index in [2.05, 4.69) is 204 Å². The molecule has 0 aliphatic carbocycles. The Morgan fingerprint density at radius 2 is 1.11 bits per heavy atom. The van der Waals surface area contributed by atoms with E-state index >= 15 is 0 Å².